The number of nitrogens with zero attached hydrogens (tertiary/aromatic N) is 4. The average Bonchev–Trinajstić information content (AvgIpc) is 3.32. The molecule has 3 heterocycles. The van der Waals surface area contributed by atoms with Gasteiger partial charge in [-0.3, -0.25) is 4.98 Å². The fourth-order valence-electron chi connectivity index (χ4n) is 3.70. The Morgan fingerprint density at radius 2 is 2.15 bits per heavy atom. The highest BCUT2D eigenvalue weighted by Crippen LogP contribution is 2.33. The molecule has 1 aliphatic heterocycles. The molecule has 0 saturated carbocycles. The number of imidazole rings is 1. The summed E-state index contributed by atoms with van der Waals surface area (Å²) in [5.74, 6) is 1.54. The molecule has 1 unspecified atom stereocenters. The predicted octanol–water partition coefficient (Wildman–Crippen LogP) is 2.64. The second kappa shape index (κ2) is 6.94. The van der Waals surface area contributed by atoms with Gasteiger partial charge >= 0.3 is 0 Å². The molecule has 1 saturated heterocycles. The molecular weight excluding hydrogens is 364 g/mol. The van der Waals surface area contributed by atoms with E-state index in [2.05, 4.69) is 16.5 Å². The van der Waals surface area contributed by atoms with Gasteiger partial charge in [-0.05, 0) is 31.5 Å². The molecule has 1 aromatic carbocycles. The van der Waals surface area contributed by atoms with Crippen molar-refractivity contribution in [3.63, 3.8) is 0 Å². The third-order valence-corrected chi connectivity index (χ3v) is 6.95. The number of hydrogen-bond acceptors (Lipinski definition) is 5. The van der Waals surface area contributed by atoms with Crippen molar-refractivity contribution in [1.82, 2.24) is 18.8 Å². The quantitative estimate of drug-likeness (QED) is 0.674. The van der Waals surface area contributed by atoms with E-state index in [4.69, 9.17) is 9.72 Å². The van der Waals surface area contributed by atoms with Crippen molar-refractivity contribution >= 4 is 21.1 Å². The average molecular weight is 386 g/mol. The minimum Gasteiger partial charge on any atom is -0.497 e. The largest absolute Gasteiger partial charge is 0.497 e. The monoisotopic (exact) mass is 386 g/mol. The molecule has 0 spiro atoms. The van der Waals surface area contributed by atoms with E-state index in [1.165, 1.54) is 7.11 Å². The molecule has 3 aromatic rings. The summed E-state index contributed by atoms with van der Waals surface area (Å²) < 4.78 is 34.9. The van der Waals surface area contributed by atoms with Gasteiger partial charge in [0.15, 0.2) is 0 Å². The molecule has 142 valence electrons. The molecule has 0 aliphatic carbocycles. The van der Waals surface area contributed by atoms with E-state index in [1.807, 2.05) is 12.3 Å². The highest BCUT2D eigenvalue weighted by molar-refractivity contribution is 7.89. The normalized spacial score (nSPS) is 18.2. The van der Waals surface area contributed by atoms with Crippen LogP contribution in [0.25, 0.3) is 11.0 Å². The Morgan fingerprint density at radius 3 is 2.93 bits per heavy atom. The fourth-order valence-corrected chi connectivity index (χ4v) is 5.24. The molecular formula is C19H22N4O3S. The first-order valence-electron chi connectivity index (χ1n) is 8.99. The van der Waals surface area contributed by atoms with Crippen molar-refractivity contribution in [2.45, 2.75) is 30.7 Å². The Bertz CT molecular complexity index is 1080. The SMILES string of the molecule is CCn1c(C2CCN(S(=O)(=O)c3cccc(OC)c3)C2)nc2ccncc21. The summed E-state index contributed by atoms with van der Waals surface area (Å²) in [5.41, 5.74) is 1.89. The second-order valence-corrected chi connectivity index (χ2v) is 8.54. The lowest BCUT2D eigenvalue weighted by molar-refractivity contribution is 0.412. The molecule has 1 fully saturated rings. The summed E-state index contributed by atoms with van der Waals surface area (Å²) in [4.78, 5) is 9.22. The number of ether oxygens (including phenoxy) is 1. The van der Waals surface area contributed by atoms with Crippen LogP contribution in [0, 0.1) is 0 Å². The van der Waals surface area contributed by atoms with Gasteiger partial charge in [0.25, 0.3) is 0 Å². The van der Waals surface area contributed by atoms with Crippen molar-refractivity contribution < 1.29 is 13.2 Å². The zero-order valence-corrected chi connectivity index (χ0v) is 16.2. The molecule has 0 radical (unpaired) electrons. The number of benzene rings is 1. The lowest BCUT2D eigenvalue weighted by Gasteiger charge is -2.17. The molecule has 7 nitrogen and oxygen atoms in total. The summed E-state index contributed by atoms with van der Waals surface area (Å²) in [6.45, 7) is 3.75. The number of hydrogen-bond donors (Lipinski definition) is 0. The van der Waals surface area contributed by atoms with Crippen LogP contribution in [0.1, 0.15) is 25.1 Å². The fraction of sp³-hybridized carbons (Fsp3) is 0.368. The number of fused-ring (bicyclic) bond motifs is 1. The van der Waals surface area contributed by atoms with E-state index in [1.54, 1.807) is 34.8 Å². The van der Waals surface area contributed by atoms with Gasteiger partial charge < -0.3 is 9.30 Å². The van der Waals surface area contributed by atoms with Crippen LogP contribution in [-0.4, -0.2) is 47.5 Å². The lowest BCUT2D eigenvalue weighted by Crippen LogP contribution is -2.29. The zero-order chi connectivity index (χ0) is 19.0. The van der Waals surface area contributed by atoms with Crippen LogP contribution < -0.4 is 4.74 Å². The Morgan fingerprint density at radius 1 is 1.30 bits per heavy atom. The summed E-state index contributed by atoms with van der Waals surface area (Å²) in [7, 11) is -2.03. The maximum absolute atomic E-state index is 13.0. The predicted molar refractivity (Wildman–Crippen MR) is 102 cm³/mol. The molecule has 0 bridgehead atoms. The van der Waals surface area contributed by atoms with E-state index >= 15 is 0 Å². The molecule has 8 heteroatoms. The molecule has 0 amide bonds. The Labute approximate surface area is 158 Å². The number of methoxy groups -OCH3 is 1. The van der Waals surface area contributed by atoms with E-state index in [9.17, 15) is 8.42 Å². The first kappa shape index (κ1) is 17.9. The van der Waals surface area contributed by atoms with Crippen LogP contribution in [0.3, 0.4) is 0 Å². The van der Waals surface area contributed by atoms with Gasteiger partial charge in [0.05, 0.1) is 29.2 Å². The maximum Gasteiger partial charge on any atom is 0.243 e. The van der Waals surface area contributed by atoms with Crippen LogP contribution in [0.4, 0.5) is 0 Å². The van der Waals surface area contributed by atoms with E-state index in [0.717, 1.165) is 29.8 Å². The molecule has 1 atom stereocenters. The smallest absolute Gasteiger partial charge is 0.243 e. The maximum atomic E-state index is 13.0. The minimum atomic E-state index is -3.56. The van der Waals surface area contributed by atoms with Crippen LogP contribution in [0.2, 0.25) is 0 Å². The summed E-state index contributed by atoms with van der Waals surface area (Å²) in [6, 6.07) is 8.50. The third kappa shape index (κ3) is 3.08. The van der Waals surface area contributed by atoms with Crippen molar-refractivity contribution in [3.05, 3.63) is 48.5 Å². The molecule has 2 aromatic heterocycles. The van der Waals surface area contributed by atoms with Crippen molar-refractivity contribution in [2.75, 3.05) is 20.2 Å². The minimum absolute atomic E-state index is 0.0673. The second-order valence-electron chi connectivity index (χ2n) is 6.61. The van der Waals surface area contributed by atoms with Crippen LogP contribution >= 0.6 is 0 Å². The Hall–Kier alpha value is -2.45. The van der Waals surface area contributed by atoms with E-state index in [-0.39, 0.29) is 10.8 Å². The lowest BCUT2D eigenvalue weighted by atomic mass is 10.1. The number of rotatable bonds is 5. The molecule has 4 rings (SSSR count). The summed E-state index contributed by atoms with van der Waals surface area (Å²) in [6.07, 6.45) is 4.29. The van der Waals surface area contributed by atoms with Crippen LogP contribution in [-0.2, 0) is 16.6 Å². The molecule has 0 N–H and O–H groups in total. The van der Waals surface area contributed by atoms with Crippen LogP contribution in [0.15, 0.2) is 47.6 Å². The van der Waals surface area contributed by atoms with Gasteiger partial charge in [0.2, 0.25) is 10.0 Å². The Balaban J connectivity index is 1.64. The van der Waals surface area contributed by atoms with E-state index in [0.29, 0.717) is 18.8 Å². The van der Waals surface area contributed by atoms with Gasteiger partial charge in [0, 0.05) is 37.8 Å². The summed E-state index contributed by atoms with van der Waals surface area (Å²) in [5, 5.41) is 0. The van der Waals surface area contributed by atoms with Gasteiger partial charge in [-0.25, -0.2) is 13.4 Å². The van der Waals surface area contributed by atoms with Gasteiger partial charge in [-0.15, -0.1) is 0 Å². The Kier molecular flexibility index (Phi) is 4.61. The molecule has 1 aliphatic rings. The number of aryl methyl sites for hydroxylation is 1. The first-order valence-corrected chi connectivity index (χ1v) is 10.4. The number of sulfonamides is 1. The van der Waals surface area contributed by atoms with Crippen LogP contribution in [0.5, 0.6) is 5.75 Å². The van der Waals surface area contributed by atoms with Crippen molar-refractivity contribution in [1.29, 1.82) is 0 Å². The highest BCUT2D eigenvalue weighted by Gasteiger charge is 2.35. The third-order valence-electron chi connectivity index (χ3n) is 5.09. The van der Waals surface area contributed by atoms with Crippen molar-refractivity contribution in [3.8, 4) is 5.75 Å². The van der Waals surface area contributed by atoms with Gasteiger partial charge in [-0.2, -0.15) is 4.31 Å². The van der Waals surface area contributed by atoms with Gasteiger partial charge in [0.1, 0.15) is 11.6 Å². The summed E-state index contributed by atoms with van der Waals surface area (Å²) >= 11 is 0. The molecule has 27 heavy (non-hydrogen) atoms. The number of aromatic nitrogens is 3. The van der Waals surface area contributed by atoms with Crippen molar-refractivity contribution in [2.24, 2.45) is 0 Å². The zero-order valence-electron chi connectivity index (χ0n) is 15.4. The standard InChI is InChI=1S/C19H22N4O3S/c1-3-23-18-12-20-9-7-17(18)21-19(23)14-8-10-22(13-14)27(24,25)16-6-4-5-15(11-16)26-2/h4-7,9,11-12,14H,3,8,10,13H2,1-2H3. The topological polar surface area (TPSA) is 77.3 Å². The van der Waals surface area contributed by atoms with E-state index < -0.39 is 10.0 Å². The van der Waals surface area contributed by atoms with Gasteiger partial charge in [-0.1, -0.05) is 6.07 Å². The first-order chi connectivity index (χ1) is 13.0. The number of pyridine rings is 1. The highest BCUT2D eigenvalue weighted by atomic mass is 32.2.